The Balaban J connectivity index is 2.60. The van der Waals surface area contributed by atoms with E-state index in [1.807, 2.05) is 0 Å². The minimum Gasteiger partial charge on any atom is -0.384 e. The van der Waals surface area contributed by atoms with E-state index in [0.29, 0.717) is 16.6 Å². The van der Waals surface area contributed by atoms with Crippen LogP contribution in [0.4, 0.5) is 26.3 Å². The van der Waals surface area contributed by atoms with Gasteiger partial charge >= 0.3 is 12.4 Å². The first-order valence-corrected chi connectivity index (χ1v) is 7.01. The Labute approximate surface area is 135 Å². The molecule has 1 atom stereocenters. The zero-order valence-electron chi connectivity index (χ0n) is 11.2. The average molecular weight is 399 g/mol. The molecule has 0 aliphatic carbocycles. The lowest BCUT2D eigenvalue weighted by atomic mass is 9.97. The molecule has 0 heterocycles. The van der Waals surface area contributed by atoms with Crippen molar-refractivity contribution in [2.75, 3.05) is 0 Å². The average Bonchev–Trinajstić information content (AvgIpc) is 2.45. The molecular weight excluding hydrogens is 390 g/mol. The summed E-state index contributed by atoms with van der Waals surface area (Å²) in [6, 6.07) is 7.10. The number of rotatable bonds is 2. The Morgan fingerprint density at radius 2 is 1.30 bits per heavy atom. The second kappa shape index (κ2) is 6.16. The zero-order chi connectivity index (χ0) is 17.4. The molecule has 23 heavy (non-hydrogen) atoms. The van der Waals surface area contributed by atoms with Crippen LogP contribution in [-0.4, -0.2) is 5.11 Å². The standard InChI is InChI=1S/C15H9BrF6O/c16-12-4-2-1-3-11(12)13(23)8-5-9(14(17,18)19)7-10(6-8)15(20,21)22/h1-7,13,23H. The minimum absolute atomic E-state index is 0.0241. The van der Waals surface area contributed by atoms with Gasteiger partial charge in [-0.05, 0) is 35.4 Å². The van der Waals surface area contributed by atoms with Crippen molar-refractivity contribution in [3.8, 4) is 0 Å². The fourth-order valence-corrected chi connectivity index (χ4v) is 2.51. The predicted octanol–water partition coefficient (Wildman–Crippen LogP) is 5.57. The molecule has 2 aromatic carbocycles. The molecule has 0 amide bonds. The van der Waals surface area contributed by atoms with Gasteiger partial charge in [0.15, 0.2) is 0 Å². The van der Waals surface area contributed by atoms with Crippen LogP contribution in [-0.2, 0) is 12.4 Å². The van der Waals surface area contributed by atoms with Crippen molar-refractivity contribution < 1.29 is 31.4 Å². The molecule has 2 aromatic rings. The summed E-state index contributed by atoms with van der Waals surface area (Å²) >= 11 is 3.11. The maximum absolute atomic E-state index is 12.8. The highest BCUT2D eigenvalue weighted by Gasteiger charge is 2.37. The molecule has 2 rings (SSSR count). The third-order valence-electron chi connectivity index (χ3n) is 3.13. The number of hydrogen-bond acceptors (Lipinski definition) is 1. The Bertz CT molecular complexity index is 676. The quantitative estimate of drug-likeness (QED) is 0.655. The van der Waals surface area contributed by atoms with Crippen LogP contribution in [0, 0.1) is 0 Å². The van der Waals surface area contributed by atoms with Gasteiger partial charge in [-0.15, -0.1) is 0 Å². The van der Waals surface area contributed by atoms with Gasteiger partial charge in [0.05, 0.1) is 11.1 Å². The van der Waals surface area contributed by atoms with Crippen molar-refractivity contribution in [1.82, 2.24) is 0 Å². The van der Waals surface area contributed by atoms with Crippen molar-refractivity contribution >= 4 is 15.9 Å². The predicted molar refractivity (Wildman–Crippen MR) is 74.6 cm³/mol. The topological polar surface area (TPSA) is 20.2 Å². The van der Waals surface area contributed by atoms with Crippen molar-refractivity contribution in [1.29, 1.82) is 0 Å². The van der Waals surface area contributed by atoms with Gasteiger partial charge in [0.2, 0.25) is 0 Å². The number of alkyl halides is 6. The van der Waals surface area contributed by atoms with Crippen LogP contribution in [0.15, 0.2) is 46.9 Å². The summed E-state index contributed by atoms with van der Waals surface area (Å²) in [5.74, 6) is 0. The van der Waals surface area contributed by atoms with E-state index in [9.17, 15) is 31.4 Å². The summed E-state index contributed by atoms with van der Waals surface area (Å²) in [6.07, 6.45) is -11.5. The zero-order valence-corrected chi connectivity index (χ0v) is 12.8. The van der Waals surface area contributed by atoms with Gasteiger partial charge in [0.1, 0.15) is 6.10 Å². The molecule has 1 unspecified atom stereocenters. The minimum atomic E-state index is -4.95. The van der Waals surface area contributed by atoms with E-state index in [1.54, 1.807) is 6.07 Å². The lowest BCUT2D eigenvalue weighted by Gasteiger charge is -2.18. The third kappa shape index (κ3) is 4.06. The van der Waals surface area contributed by atoms with E-state index in [1.165, 1.54) is 18.2 Å². The van der Waals surface area contributed by atoms with E-state index in [-0.39, 0.29) is 11.6 Å². The lowest BCUT2D eigenvalue weighted by Crippen LogP contribution is -2.13. The van der Waals surface area contributed by atoms with Crippen LogP contribution in [0.2, 0.25) is 0 Å². The van der Waals surface area contributed by atoms with Crippen molar-refractivity contribution in [3.05, 3.63) is 69.2 Å². The molecule has 0 aromatic heterocycles. The fraction of sp³-hybridized carbons (Fsp3) is 0.200. The van der Waals surface area contributed by atoms with Crippen molar-refractivity contribution in [3.63, 3.8) is 0 Å². The maximum Gasteiger partial charge on any atom is 0.416 e. The number of aliphatic hydroxyl groups is 1. The first-order chi connectivity index (χ1) is 10.5. The largest absolute Gasteiger partial charge is 0.416 e. The van der Waals surface area contributed by atoms with Gasteiger partial charge in [-0.2, -0.15) is 26.3 Å². The normalized spacial score (nSPS) is 13.9. The molecule has 0 aliphatic rings. The Hall–Kier alpha value is -1.54. The molecule has 0 bridgehead atoms. The highest BCUT2D eigenvalue weighted by Crippen LogP contribution is 2.39. The second-order valence-electron chi connectivity index (χ2n) is 4.76. The molecular formula is C15H9BrF6O. The number of halogens is 7. The van der Waals surface area contributed by atoms with Crippen LogP contribution in [0.25, 0.3) is 0 Å². The third-order valence-corrected chi connectivity index (χ3v) is 3.85. The SMILES string of the molecule is OC(c1cc(C(F)(F)F)cc(C(F)(F)F)c1)c1ccccc1Br. The summed E-state index contributed by atoms with van der Waals surface area (Å²) in [7, 11) is 0. The van der Waals surface area contributed by atoms with Gasteiger partial charge in [-0.1, -0.05) is 34.1 Å². The molecule has 0 fully saturated rings. The first-order valence-electron chi connectivity index (χ1n) is 6.22. The van der Waals surface area contributed by atoms with E-state index in [4.69, 9.17) is 0 Å². The van der Waals surface area contributed by atoms with Gasteiger partial charge in [0.25, 0.3) is 0 Å². The van der Waals surface area contributed by atoms with Gasteiger partial charge in [0, 0.05) is 4.47 Å². The van der Waals surface area contributed by atoms with Crippen LogP contribution in [0.1, 0.15) is 28.4 Å². The summed E-state index contributed by atoms with van der Waals surface area (Å²) < 4.78 is 77.3. The van der Waals surface area contributed by atoms with Crippen LogP contribution < -0.4 is 0 Å². The van der Waals surface area contributed by atoms with E-state index < -0.39 is 35.1 Å². The number of benzene rings is 2. The Morgan fingerprint density at radius 1 is 0.826 bits per heavy atom. The van der Waals surface area contributed by atoms with Crippen LogP contribution >= 0.6 is 15.9 Å². The molecule has 1 nitrogen and oxygen atoms in total. The molecule has 0 spiro atoms. The molecule has 0 saturated heterocycles. The Kier molecular flexibility index (Phi) is 4.77. The monoisotopic (exact) mass is 398 g/mol. The summed E-state index contributed by atoms with van der Waals surface area (Å²) in [6.45, 7) is 0. The van der Waals surface area contributed by atoms with Gasteiger partial charge < -0.3 is 5.11 Å². The maximum atomic E-state index is 12.8. The molecule has 124 valence electrons. The van der Waals surface area contributed by atoms with E-state index in [2.05, 4.69) is 15.9 Å². The van der Waals surface area contributed by atoms with Crippen molar-refractivity contribution in [2.45, 2.75) is 18.5 Å². The smallest absolute Gasteiger partial charge is 0.384 e. The summed E-state index contributed by atoms with van der Waals surface area (Å²) in [5.41, 5.74) is -3.25. The Morgan fingerprint density at radius 3 is 1.74 bits per heavy atom. The molecule has 0 saturated carbocycles. The van der Waals surface area contributed by atoms with E-state index >= 15 is 0 Å². The van der Waals surface area contributed by atoms with Crippen molar-refractivity contribution in [2.24, 2.45) is 0 Å². The lowest BCUT2D eigenvalue weighted by molar-refractivity contribution is -0.143. The summed E-state index contributed by atoms with van der Waals surface area (Å²) in [5, 5.41) is 10.2. The van der Waals surface area contributed by atoms with Gasteiger partial charge in [-0.25, -0.2) is 0 Å². The second-order valence-corrected chi connectivity index (χ2v) is 5.62. The fourth-order valence-electron chi connectivity index (χ4n) is 2.01. The number of hydrogen-bond donors (Lipinski definition) is 1. The van der Waals surface area contributed by atoms with E-state index in [0.717, 1.165) is 0 Å². The summed E-state index contributed by atoms with van der Waals surface area (Å²) in [4.78, 5) is 0. The highest BCUT2D eigenvalue weighted by atomic mass is 79.9. The first kappa shape index (κ1) is 17.8. The van der Waals surface area contributed by atoms with Gasteiger partial charge in [-0.3, -0.25) is 0 Å². The number of aliphatic hydroxyl groups excluding tert-OH is 1. The van der Waals surface area contributed by atoms with Crippen LogP contribution in [0.5, 0.6) is 0 Å². The molecule has 0 aliphatic heterocycles. The molecule has 1 N–H and O–H groups in total. The van der Waals surface area contributed by atoms with Crippen LogP contribution in [0.3, 0.4) is 0 Å². The molecule has 0 radical (unpaired) electrons. The molecule has 8 heteroatoms. The highest BCUT2D eigenvalue weighted by molar-refractivity contribution is 9.10.